The lowest BCUT2D eigenvalue weighted by Gasteiger charge is -2.21. The average molecular weight is 318 g/mol. The van der Waals surface area contributed by atoms with Gasteiger partial charge in [0.2, 0.25) is 0 Å². The Morgan fingerprint density at radius 3 is 2.00 bits per heavy atom. The zero-order valence-electron chi connectivity index (χ0n) is 10.7. The van der Waals surface area contributed by atoms with Crippen molar-refractivity contribution in [2.75, 3.05) is 5.08 Å². The van der Waals surface area contributed by atoms with Gasteiger partial charge in [-0.3, -0.25) is 0 Å². The van der Waals surface area contributed by atoms with Crippen LogP contribution in [0, 0.1) is 0 Å². The van der Waals surface area contributed by atoms with E-state index in [1.165, 1.54) is 12.1 Å². The first-order valence-electron chi connectivity index (χ1n) is 6.41. The highest BCUT2D eigenvalue weighted by Gasteiger charge is 2.32. The molecule has 1 saturated carbocycles. The molecule has 0 aliphatic heterocycles. The van der Waals surface area contributed by atoms with Crippen molar-refractivity contribution in [3.05, 3.63) is 30.3 Å². The highest BCUT2D eigenvalue weighted by atomic mass is 32.3. The molecule has 1 aromatic carbocycles. The van der Waals surface area contributed by atoms with Crippen molar-refractivity contribution in [2.45, 2.75) is 49.7 Å². The molecule has 2 rings (SSSR count). The summed E-state index contributed by atoms with van der Waals surface area (Å²) in [5.41, 5.74) is 0. The van der Waals surface area contributed by atoms with E-state index in [0.717, 1.165) is 19.3 Å². The number of rotatable bonds is 4. The topological polar surface area (TPSA) is 68.3 Å². The van der Waals surface area contributed by atoms with Gasteiger partial charge in [0.25, 0.3) is 0 Å². The maximum absolute atomic E-state index is 12.2. The van der Waals surface area contributed by atoms with E-state index in [9.17, 15) is 16.8 Å². The van der Waals surface area contributed by atoms with Gasteiger partial charge < -0.3 is 0 Å². The van der Waals surface area contributed by atoms with Crippen LogP contribution in [0.15, 0.2) is 35.2 Å². The van der Waals surface area contributed by atoms with Gasteiger partial charge in [-0.1, -0.05) is 44.9 Å². The summed E-state index contributed by atoms with van der Waals surface area (Å²) in [6.07, 6.45) is 3.96. The van der Waals surface area contributed by atoms with Crippen LogP contribution in [0.3, 0.4) is 0 Å². The summed E-state index contributed by atoms with van der Waals surface area (Å²) in [7, 11) is -7.33. The first-order valence-corrected chi connectivity index (χ1v) is 9.78. The van der Waals surface area contributed by atoms with E-state index in [4.69, 9.17) is 0 Å². The average Bonchev–Trinajstić information content (AvgIpc) is 2.40. The Balaban J connectivity index is 0.00000200. The van der Waals surface area contributed by atoms with Crippen LogP contribution in [0.1, 0.15) is 39.5 Å². The quantitative estimate of drug-likeness (QED) is 0.856. The molecule has 0 radical (unpaired) electrons. The van der Waals surface area contributed by atoms with Gasteiger partial charge in [0.1, 0.15) is 0 Å². The molecule has 4 nitrogen and oxygen atoms in total. The molecule has 0 N–H and O–H groups in total. The van der Waals surface area contributed by atoms with Crippen molar-refractivity contribution in [3.8, 4) is 0 Å². The molecule has 1 fully saturated rings. The van der Waals surface area contributed by atoms with E-state index >= 15 is 0 Å². The van der Waals surface area contributed by atoms with Crippen molar-refractivity contribution in [1.29, 1.82) is 0 Å². The molecule has 0 amide bonds. The van der Waals surface area contributed by atoms with Crippen molar-refractivity contribution in [1.82, 2.24) is 0 Å². The molecule has 114 valence electrons. The van der Waals surface area contributed by atoms with Gasteiger partial charge in [-0.15, -0.1) is 0 Å². The lowest BCUT2D eigenvalue weighted by atomic mass is 10.0. The van der Waals surface area contributed by atoms with Gasteiger partial charge >= 0.3 is 0 Å². The fourth-order valence-electron chi connectivity index (χ4n) is 2.43. The molecule has 1 aliphatic rings. The lowest BCUT2D eigenvalue weighted by Crippen LogP contribution is -2.29. The van der Waals surface area contributed by atoms with Crippen molar-refractivity contribution < 1.29 is 16.8 Å². The van der Waals surface area contributed by atoms with Crippen LogP contribution in [0.25, 0.3) is 0 Å². The Kier molecular flexibility index (Phi) is 5.77. The fraction of sp³-hybridized carbons (Fsp3) is 0.571. The van der Waals surface area contributed by atoms with Crippen LogP contribution >= 0.6 is 0 Å². The fourth-order valence-corrected chi connectivity index (χ4v) is 7.10. The minimum absolute atomic E-state index is 0. The maximum Gasteiger partial charge on any atom is 0.192 e. The Labute approximate surface area is 122 Å². The minimum atomic E-state index is -3.76. The van der Waals surface area contributed by atoms with Crippen LogP contribution in [0.4, 0.5) is 0 Å². The molecular weight excluding hydrogens is 296 g/mol. The van der Waals surface area contributed by atoms with E-state index in [-0.39, 0.29) is 12.3 Å². The SMILES string of the molecule is C.O=S(=O)(CS(=O)(=O)C1CCCCC1)c1ccccc1. The second-order valence-corrected chi connectivity index (χ2v) is 9.60. The normalized spacial score (nSPS) is 17.4. The predicted molar refractivity (Wildman–Crippen MR) is 81.0 cm³/mol. The number of hydrogen-bond acceptors (Lipinski definition) is 4. The summed E-state index contributed by atoms with van der Waals surface area (Å²) in [5, 5.41) is -1.26. The van der Waals surface area contributed by atoms with Gasteiger partial charge in [0.15, 0.2) is 24.8 Å². The molecule has 0 bridgehead atoms. The van der Waals surface area contributed by atoms with Gasteiger partial charge in [-0.25, -0.2) is 16.8 Å². The number of hydrogen-bond donors (Lipinski definition) is 0. The summed E-state index contributed by atoms with van der Waals surface area (Å²) < 4.78 is 48.6. The summed E-state index contributed by atoms with van der Waals surface area (Å²) in [6.45, 7) is 0. The largest absolute Gasteiger partial charge is 0.227 e. The summed E-state index contributed by atoms with van der Waals surface area (Å²) in [5.74, 6) is 0. The number of benzene rings is 1. The highest BCUT2D eigenvalue weighted by molar-refractivity contribution is 8.08. The van der Waals surface area contributed by atoms with E-state index in [0.29, 0.717) is 12.8 Å². The highest BCUT2D eigenvalue weighted by Crippen LogP contribution is 2.26. The van der Waals surface area contributed by atoms with Crippen LogP contribution in [-0.2, 0) is 19.7 Å². The van der Waals surface area contributed by atoms with Crippen LogP contribution in [0.5, 0.6) is 0 Å². The van der Waals surface area contributed by atoms with Crippen molar-refractivity contribution in [3.63, 3.8) is 0 Å². The van der Waals surface area contributed by atoms with E-state index in [2.05, 4.69) is 0 Å². The molecule has 6 heteroatoms. The third-order valence-electron chi connectivity index (χ3n) is 3.48. The molecule has 0 aromatic heterocycles. The summed E-state index contributed by atoms with van der Waals surface area (Å²) in [6, 6.07) is 7.77. The third kappa shape index (κ3) is 4.06. The minimum Gasteiger partial charge on any atom is -0.227 e. The molecule has 0 spiro atoms. The Morgan fingerprint density at radius 2 is 1.45 bits per heavy atom. The zero-order valence-corrected chi connectivity index (χ0v) is 12.3. The molecule has 0 saturated heterocycles. The summed E-state index contributed by atoms with van der Waals surface area (Å²) >= 11 is 0. The van der Waals surface area contributed by atoms with Crippen molar-refractivity contribution in [2.24, 2.45) is 0 Å². The number of sulfone groups is 2. The monoisotopic (exact) mass is 318 g/mol. The van der Waals surface area contributed by atoms with Crippen LogP contribution in [0.2, 0.25) is 0 Å². The molecule has 0 heterocycles. The Bertz CT molecular complexity index is 612. The molecule has 0 atom stereocenters. The third-order valence-corrected chi connectivity index (χ3v) is 8.51. The second kappa shape index (κ2) is 6.72. The molecule has 1 aromatic rings. The second-order valence-electron chi connectivity index (χ2n) is 4.97. The van der Waals surface area contributed by atoms with Gasteiger partial charge in [0, 0.05) is 0 Å². The van der Waals surface area contributed by atoms with Gasteiger partial charge in [-0.05, 0) is 25.0 Å². The maximum atomic E-state index is 12.2. The molecular formula is C14H22O4S2. The van der Waals surface area contributed by atoms with Crippen LogP contribution in [-0.4, -0.2) is 27.2 Å². The molecule has 1 aliphatic carbocycles. The lowest BCUT2D eigenvalue weighted by molar-refractivity contribution is 0.485. The first-order chi connectivity index (χ1) is 8.92. The summed E-state index contributed by atoms with van der Waals surface area (Å²) in [4.78, 5) is 0.0781. The standard InChI is InChI=1S/C13H18O4S2.CH4/c14-18(15,12-7-3-1-4-8-12)11-19(16,17)13-9-5-2-6-10-13;/h1,3-4,7-8,13H,2,5-6,9-11H2;1H4. The van der Waals surface area contributed by atoms with Gasteiger partial charge in [-0.2, -0.15) is 0 Å². The Hall–Kier alpha value is -0.880. The molecule has 0 unspecified atom stereocenters. The molecule has 20 heavy (non-hydrogen) atoms. The van der Waals surface area contributed by atoms with Gasteiger partial charge in [0.05, 0.1) is 10.1 Å². The van der Waals surface area contributed by atoms with E-state index < -0.39 is 30.0 Å². The van der Waals surface area contributed by atoms with E-state index in [1.54, 1.807) is 18.2 Å². The Morgan fingerprint density at radius 1 is 0.900 bits per heavy atom. The van der Waals surface area contributed by atoms with E-state index in [1.807, 2.05) is 0 Å². The predicted octanol–water partition coefficient (Wildman–Crippen LogP) is 2.80. The smallest absolute Gasteiger partial charge is 0.192 e. The van der Waals surface area contributed by atoms with Crippen molar-refractivity contribution >= 4 is 19.7 Å². The first kappa shape index (κ1) is 17.2. The van der Waals surface area contributed by atoms with Crippen LogP contribution < -0.4 is 0 Å². The zero-order chi connectivity index (χ0) is 13.9.